The molecule has 0 spiro atoms. The number of fused-ring (bicyclic) bond motifs is 1. The van der Waals surface area contributed by atoms with Crippen LogP contribution in [0, 0.1) is 10.4 Å². The Balaban J connectivity index is 2.56. The van der Waals surface area contributed by atoms with Crippen molar-refractivity contribution in [2.24, 2.45) is 0 Å². The smallest absolute Gasteiger partial charge is 0.461 e. The van der Waals surface area contributed by atoms with Crippen molar-refractivity contribution >= 4 is 17.0 Å². The first-order valence-electron chi connectivity index (χ1n) is 4.71. The van der Waals surface area contributed by atoms with E-state index in [1.807, 2.05) is 0 Å². The number of hydrogen-bond donors (Lipinski definition) is 2. The molecule has 0 saturated carbocycles. The first-order valence-corrected chi connectivity index (χ1v) is 4.71. The lowest BCUT2D eigenvalue weighted by atomic mass is 10.3. The maximum Gasteiger partial charge on any atom is 0.461 e. The molecule has 0 aliphatic rings. The summed E-state index contributed by atoms with van der Waals surface area (Å²) in [7, 11) is 0. The molecule has 84 valence electrons. The van der Waals surface area contributed by atoms with Gasteiger partial charge in [0.2, 0.25) is 5.10 Å². The van der Waals surface area contributed by atoms with Crippen LogP contribution in [0.25, 0.3) is 11.0 Å². The fraction of sp³-hybridized carbons (Fsp3) is 0.222. The highest BCUT2D eigenvalue weighted by molar-refractivity contribution is 5.67. The van der Waals surface area contributed by atoms with E-state index in [1.54, 1.807) is 12.1 Å². The van der Waals surface area contributed by atoms with E-state index in [9.17, 15) is 10.4 Å². The number of para-hydroxylation sites is 2. The summed E-state index contributed by atoms with van der Waals surface area (Å²) in [6.45, 7) is 0.0148. The molecule has 0 saturated heterocycles. The summed E-state index contributed by atoms with van der Waals surface area (Å²) < 4.78 is 0.527. The molecule has 7 nitrogen and oxygen atoms in total. The van der Waals surface area contributed by atoms with Crippen LogP contribution in [-0.4, -0.2) is 23.4 Å². The van der Waals surface area contributed by atoms with Crippen molar-refractivity contribution in [1.82, 2.24) is 5.10 Å². The van der Waals surface area contributed by atoms with Crippen LogP contribution in [0.15, 0.2) is 24.3 Å². The lowest BCUT2D eigenvalue weighted by Gasteiger charge is -2.08. The summed E-state index contributed by atoms with van der Waals surface area (Å²) in [5, 5.41) is 37.9. The third kappa shape index (κ3) is 1.68. The largest absolute Gasteiger partial charge is 0.739 e. The molecule has 0 radical (unpaired) electrons. The van der Waals surface area contributed by atoms with Crippen molar-refractivity contribution < 1.29 is 14.7 Å². The van der Waals surface area contributed by atoms with Crippen LogP contribution >= 0.6 is 0 Å². The maximum absolute atomic E-state index is 11.7. The number of nitrogens with one attached hydrogen (secondary N) is 1. The fourth-order valence-corrected chi connectivity index (χ4v) is 1.37. The lowest BCUT2D eigenvalue weighted by molar-refractivity contribution is -0.672. The summed E-state index contributed by atoms with van der Waals surface area (Å²) >= 11 is 0. The molecule has 0 amide bonds. The third-order valence-electron chi connectivity index (χ3n) is 2.08. The molecule has 1 aromatic carbocycles. The highest BCUT2D eigenvalue weighted by Crippen LogP contribution is 2.04. The Morgan fingerprint density at radius 2 is 1.94 bits per heavy atom. The highest BCUT2D eigenvalue weighted by Gasteiger charge is 2.18. The average Bonchev–Trinajstić information content (AvgIpc) is 2.32. The van der Waals surface area contributed by atoms with Gasteiger partial charge in [-0.25, -0.2) is 4.73 Å². The minimum Gasteiger partial charge on any atom is -0.739 e. The molecule has 0 fully saturated rings. The molecule has 1 heterocycles. The van der Waals surface area contributed by atoms with Gasteiger partial charge >= 0.3 is 5.95 Å². The monoisotopic (exact) mass is 222 g/mol. The minimum absolute atomic E-state index is 0.122. The van der Waals surface area contributed by atoms with Crippen LogP contribution in [0.2, 0.25) is 0 Å². The molecule has 2 rings (SSSR count). The molecule has 0 atom stereocenters. The number of aromatic nitrogens is 3. The number of rotatable bonds is 3. The molecule has 2 aromatic rings. The van der Waals surface area contributed by atoms with E-state index in [1.165, 1.54) is 12.1 Å². The van der Waals surface area contributed by atoms with Gasteiger partial charge in [-0.1, -0.05) is 12.1 Å². The normalized spacial score (nSPS) is 10.6. The van der Waals surface area contributed by atoms with Crippen molar-refractivity contribution in [3.63, 3.8) is 0 Å². The number of nitrogens with zero attached hydrogens (tertiary/aromatic N) is 3. The summed E-state index contributed by atoms with van der Waals surface area (Å²) in [5.41, 5.74) is 0.431. The van der Waals surface area contributed by atoms with Gasteiger partial charge in [-0.05, 0) is 6.07 Å². The quantitative estimate of drug-likeness (QED) is 0.507. The minimum atomic E-state index is -0.145. The average molecular weight is 222 g/mol. The molecule has 7 heteroatoms. The van der Waals surface area contributed by atoms with Crippen LogP contribution in [0.1, 0.15) is 0 Å². The molecule has 2 N–H and O–H groups in total. The van der Waals surface area contributed by atoms with Gasteiger partial charge < -0.3 is 15.5 Å². The Hall–Kier alpha value is -2.15. The van der Waals surface area contributed by atoms with Crippen molar-refractivity contribution in [3.8, 4) is 0 Å². The molecule has 16 heavy (non-hydrogen) atoms. The van der Waals surface area contributed by atoms with Gasteiger partial charge in [0.25, 0.3) is 5.52 Å². The number of hydrogen-bond acceptors (Lipinski definition) is 5. The summed E-state index contributed by atoms with van der Waals surface area (Å²) in [5.74, 6) is -0.122. The molecular weight excluding hydrogens is 212 g/mol. The molecule has 1 aromatic heterocycles. The predicted octanol–water partition coefficient (Wildman–Crippen LogP) is -1.09. The van der Waals surface area contributed by atoms with E-state index >= 15 is 0 Å². The van der Waals surface area contributed by atoms with Crippen molar-refractivity contribution in [1.29, 1.82) is 0 Å². The van der Waals surface area contributed by atoms with Crippen molar-refractivity contribution in [3.05, 3.63) is 34.7 Å². The standard InChI is InChI=1S/C9H10N4O3/c14-6-5-10-9-11-13(16)8-4-2-1-3-7(8)12(9)15/h1-4,14H,5-6H2,(H,10,11). The summed E-state index contributed by atoms with van der Waals surface area (Å²) in [6, 6.07) is 6.36. The lowest BCUT2D eigenvalue weighted by Crippen LogP contribution is -2.44. The predicted molar refractivity (Wildman–Crippen MR) is 55.2 cm³/mol. The van der Waals surface area contributed by atoms with Gasteiger partial charge in [0.15, 0.2) is 5.52 Å². The summed E-state index contributed by atoms with van der Waals surface area (Å²) in [6.07, 6.45) is 0. The van der Waals surface area contributed by atoms with E-state index in [0.717, 1.165) is 0 Å². The van der Waals surface area contributed by atoms with E-state index in [2.05, 4.69) is 10.4 Å². The van der Waals surface area contributed by atoms with E-state index < -0.39 is 0 Å². The molecular formula is C9H10N4O3. The number of aliphatic hydroxyl groups is 1. The van der Waals surface area contributed by atoms with Crippen LogP contribution < -0.4 is 14.9 Å². The van der Waals surface area contributed by atoms with Gasteiger partial charge in [-0.15, -0.1) is 0 Å². The molecule has 0 aliphatic heterocycles. The first-order chi connectivity index (χ1) is 7.74. The second-order valence-electron chi connectivity index (χ2n) is 3.13. The van der Waals surface area contributed by atoms with Crippen LogP contribution in [0.3, 0.4) is 0 Å². The topological polar surface area (TPSA) is 99.0 Å². The van der Waals surface area contributed by atoms with Gasteiger partial charge in [0.1, 0.15) is 0 Å². The maximum atomic E-state index is 11.7. The van der Waals surface area contributed by atoms with Crippen molar-refractivity contribution in [2.75, 3.05) is 18.5 Å². The third-order valence-corrected chi connectivity index (χ3v) is 2.08. The zero-order chi connectivity index (χ0) is 11.5. The zero-order valence-electron chi connectivity index (χ0n) is 8.33. The Morgan fingerprint density at radius 3 is 2.62 bits per heavy atom. The van der Waals surface area contributed by atoms with Crippen LogP contribution in [0.5, 0.6) is 0 Å². The second kappa shape index (κ2) is 4.15. The van der Waals surface area contributed by atoms with E-state index in [0.29, 0.717) is 9.58 Å². The fourth-order valence-electron chi connectivity index (χ4n) is 1.37. The first kappa shape index (κ1) is 10.4. The Morgan fingerprint density at radius 1 is 1.25 bits per heavy atom. The Labute approximate surface area is 90.7 Å². The SMILES string of the molecule is [O-][n+]1nc(NCCO)[n+]([O-])c2ccccc21. The van der Waals surface area contributed by atoms with E-state index in [-0.39, 0.29) is 30.1 Å². The van der Waals surface area contributed by atoms with Gasteiger partial charge in [0, 0.05) is 10.9 Å². The Kier molecular flexibility index (Phi) is 2.69. The van der Waals surface area contributed by atoms with Crippen LogP contribution in [0.4, 0.5) is 5.95 Å². The van der Waals surface area contributed by atoms with Crippen LogP contribution in [-0.2, 0) is 0 Å². The van der Waals surface area contributed by atoms with E-state index in [4.69, 9.17) is 5.11 Å². The van der Waals surface area contributed by atoms with Gasteiger partial charge in [-0.2, -0.15) is 0 Å². The second-order valence-corrected chi connectivity index (χ2v) is 3.13. The summed E-state index contributed by atoms with van der Waals surface area (Å²) in [4.78, 5) is 0.378. The molecule has 0 aliphatic carbocycles. The van der Waals surface area contributed by atoms with Gasteiger partial charge in [0.05, 0.1) is 13.2 Å². The number of aliphatic hydroxyl groups excluding tert-OH is 1. The molecule has 0 bridgehead atoms. The number of benzene rings is 1. The molecule has 0 unspecified atom stereocenters. The Bertz CT molecular complexity index is 517. The van der Waals surface area contributed by atoms with Crippen molar-refractivity contribution in [2.45, 2.75) is 0 Å². The number of anilines is 1. The zero-order valence-corrected chi connectivity index (χ0v) is 8.33. The van der Waals surface area contributed by atoms with Gasteiger partial charge in [-0.3, -0.25) is 5.32 Å². The highest BCUT2D eigenvalue weighted by atomic mass is 16.5.